The number of fused-ring (bicyclic) bond motifs is 1. The molecule has 11 heteroatoms. The second-order valence-corrected chi connectivity index (χ2v) is 10.2. The lowest BCUT2D eigenvalue weighted by Gasteiger charge is -2.22. The number of nitrogens with one attached hydrogen (secondary N) is 3. The fourth-order valence-electron chi connectivity index (χ4n) is 4.60. The van der Waals surface area contributed by atoms with Gasteiger partial charge in [0.2, 0.25) is 0 Å². The Morgan fingerprint density at radius 3 is 2.87 bits per heavy atom. The molecule has 1 unspecified atom stereocenters. The van der Waals surface area contributed by atoms with Gasteiger partial charge in [-0.1, -0.05) is 18.1 Å². The van der Waals surface area contributed by atoms with Crippen LogP contribution in [0.25, 0.3) is 11.0 Å². The number of aromatic nitrogens is 5. The molecule has 5 aromatic rings. The number of piperidine rings is 1. The van der Waals surface area contributed by atoms with Gasteiger partial charge in [0.05, 0.1) is 39.9 Å². The molecule has 0 spiro atoms. The zero-order valence-corrected chi connectivity index (χ0v) is 21.5. The lowest BCUT2D eigenvalue weighted by atomic mass is 10.0. The Morgan fingerprint density at radius 2 is 2.03 bits per heavy atom. The summed E-state index contributed by atoms with van der Waals surface area (Å²) in [5, 5.41) is 21.3. The van der Waals surface area contributed by atoms with E-state index in [1.54, 1.807) is 12.4 Å². The smallest absolute Gasteiger partial charge is 0.281 e. The first-order valence-corrected chi connectivity index (χ1v) is 13.3. The lowest BCUT2D eigenvalue weighted by Crippen LogP contribution is -2.30. The van der Waals surface area contributed by atoms with E-state index in [9.17, 15) is 14.3 Å². The molecule has 6 rings (SSSR count). The van der Waals surface area contributed by atoms with Gasteiger partial charge >= 0.3 is 0 Å². The molecule has 4 heterocycles. The second kappa shape index (κ2) is 10.7. The van der Waals surface area contributed by atoms with Crippen LogP contribution in [-0.2, 0) is 0 Å². The van der Waals surface area contributed by atoms with Crippen molar-refractivity contribution in [3.63, 3.8) is 0 Å². The molecule has 1 aliphatic rings. The van der Waals surface area contributed by atoms with E-state index in [-0.39, 0.29) is 16.3 Å². The number of aromatic amines is 1. The van der Waals surface area contributed by atoms with E-state index in [2.05, 4.69) is 42.5 Å². The Labute approximate surface area is 227 Å². The quantitative estimate of drug-likeness (QED) is 0.251. The summed E-state index contributed by atoms with van der Waals surface area (Å²) >= 11 is 1.14. The van der Waals surface area contributed by atoms with Crippen LogP contribution in [0.2, 0.25) is 0 Å². The van der Waals surface area contributed by atoms with E-state index in [0.29, 0.717) is 22.3 Å². The SMILES string of the molecule is O=C(NC(c1nc2ccccc2[nH]1)c1cc(F)ccc1O)c1ncc(C#Cc2cnn(C3CCNCC3)c2)s1. The first kappa shape index (κ1) is 24.8. The van der Waals surface area contributed by atoms with Gasteiger partial charge in [-0.05, 0) is 62.2 Å². The van der Waals surface area contributed by atoms with Crippen LogP contribution in [0.5, 0.6) is 5.75 Å². The Balaban J connectivity index is 1.23. The molecular weight excluding hydrogens is 517 g/mol. The third kappa shape index (κ3) is 5.38. The van der Waals surface area contributed by atoms with Crippen molar-refractivity contribution in [2.24, 2.45) is 0 Å². The fourth-order valence-corrected chi connectivity index (χ4v) is 5.27. The maximum absolute atomic E-state index is 14.1. The summed E-state index contributed by atoms with van der Waals surface area (Å²) in [6.07, 6.45) is 7.29. The molecule has 1 saturated heterocycles. The van der Waals surface area contributed by atoms with Crippen molar-refractivity contribution < 1.29 is 14.3 Å². The number of aromatic hydroxyl groups is 1. The molecule has 3 aromatic heterocycles. The molecule has 1 fully saturated rings. The molecule has 2 aromatic carbocycles. The van der Waals surface area contributed by atoms with Gasteiger partial charge < -0.3 is 20.7 Å². The molecule has 0 aliphatic carbocycles. The molecular formula is C28H24FN7O2S. The minimum atomic E-state index is -0.945. The van der Waals surface area contributed by atoms with Crippen LogP contribution in [0.3, 0.4) is 0 Å². The maximum atomic E-state index is 14.1. The predicted octanol–water partition coefficient (Wildman–Crippen LogP) is 3.90. The van der Waals surface area contributed by atoms with Gasteiger partial charge in [-0.3, -0.25) is 9.48 Å². The van der Waals surface area contributed by atoms with E-state index < -0.39 is 17.8 Å². The number of hydrogen-bond donors (Lipinski definition) is 4. The van der Waals surface area contributed by atoms with Gasteiger partial charge in [-0.2, -0.15) is 5.10 Å². The molecule has 1 amide bonds. The molecule has 1 aliphatic heterocycles. The number of halogens is 1. The third-order valence-electron chi connectivity index (χ3n) is 6.57. The highest BCUT2D eigenvalue weighted by Crippen LogP contribution is 2.30. The number of imidazole rings is 1. The minimum absolute atomic E-state index is 0.169. The monoisotopic (exact) mass is 541 g/mol. The normalized spacial score (nSPS) is 14.6. The van der Waals surface area contributed by atoms with Crippen molar-refractivity contribution >= 4 is 28.3 Å². The Bertz CT molecular complexity index is 1670. The summed E-state index contributed by atoms with van der Waals surface area (Å²) in [6.45, 7) is 1.96. The van der Waals surface area contributed by atoms with E-state index in [1.165, 1.54) is 12.1 Å². The molecule has 0 bridgehead atoms. The number of rotatable bonds is 5. The van der Waals surface area contributed by atoms with E-state index in [1.807, 2.05) is 35.1 Å². The summed E-state index contributed by atoms with van der Waals surface area (Å²) in [7, 11) is 0. The number of carbonyl (C=O) groups excluding carboxylic acids is 1. The van der Waals surface area contributed by atoms with Crippen molar-refractivity contribution in [3.05, 3.63) is 93.7 Å². The van der Waals surface area contributed by atoms with Gasteiger partial charge in [-0.25, -0.2) is 14.4 Å². The largest absolute Gasteiger partial charge is 0.508 e. The van der Waals surface area contributed by atoms with Crippen LogP contribution in [0, 0.1) is 17.7 Å². The summed E-state index contributed by atoms with van der Waals surface area (Å²) < 4.78 is 16.1. The fraction of sp³-hybridized carbons (Fsp3) is 0.214. The second-order valence-electron chi connectivity index (χ2n) is 9.22. The van der Waals surface area contributed by atoms with Gasteiger partial charge in [0, 0.05) is 11.8 Å². The van der Waals surface area contributed by atoms with Crippen molar-refractivity contribution in [2.45, 2.75) is 24.9 Å². The number of amides is 1. The highest BCUT2D eigenvalue weighted by Gasteiger charge is 2.25. The number of nitrogens with zero attached hydrogens (tertiary/aromatic N) is 4. The Hall–Kier alpha value is -4.53. The molecule has 39 heavy (non-hydrogen) atoms. The van der Waals surface area contributed by atoms with E-state index in [4.69, 9.17) is 0 Å². The molecule has 4 N–H and O–H groups in total. The summed E-state index contributed by atoms with van der Waals surface area (Å²) in [6, 6.07) is 10.4. The van der Waals surface area contributed by atoms with Crippen LogP contribution < -0.4 is 10.6 Å². The lowest BCUT2D eigenvalue weighted by molar-refractivity contribution is 0.0941. The zero-order valence-electron chi connectivity index (χ0n) is 20.7. The number of phenolic OH excluding ortho intramolecular Hbond substituents is 1. The first-order valence-electron chi connectivity index (χ1n) is 12.5. The van der Waals surface area contributed by atoms with E-state index in [0.717, 1.165) is 54.4 Å². The average Bonchev–Trinajstić information content (AvgIpc) is 3.72. The standard InChI is InChI=1S/C28H24FN7O2S/c29-18-6-8-24(37)21(13-18)25(26-33-22-3-1-2-4-23(22)34-26)35-27(38)28-31-15-20(39-28)7-5-17-14-32-36(16-17)19-9-11-30-12-10-19/h1-4,6,8,13-16,19,25,30,37H,9-12H2,(H,33,34)(H,35,38). The molecule has 196 valence electrons. The third-order valence-corrected chi connectivity index (χ3v) is 7.48. The van der Waals surface area contributed by atoms with Crippen LogP contribution in [0.1, 0.15) is 56.6 Å². The van der Waals surface area contributed by atoms with Gasteiger partial charge in [-0.15, -0.1) is 11.3 Å². The van der Waals surface area contributed by atoms with Crippen molar-refractivity contribution in [3.8, 4) is 17.6 Å². The first-order chi connectivity index (χ1) is 19.0. The van der Waals surface area contributed by atoms with Crippen LogP contribution in [-0.4, -0.2) is 48.8 Å². The van der Waals surface area contributed by atoms with Crippen molar-refractivity contribution in [1.29, 1.82) is 0 Å². The van der Waals surface area contributed by atoms with Crippen LogP contribution in [0.15, 0.2) is 61.1 Å². The Kier molecular flexibility index (Phi) is 6.79. The predicted molar refractivity (Wildman–Crippen MR) is 145 cm³/mol. The number of carbonyl (C=O) groups is 1. The topological polar surface area (TPSA) is 121 Å². The summed E-state index contributed by atoms with van der Waals surface area (Å²) in [5.41, 5.74) is 2.39. The number of phenols is 1. The summed E-state index contributed by atoms with van der Waals surface area (Å²) in [4.78, 5) is 25.8. The number of para-hydroxylation sites is 2. The molecule has 0 radical (unpaired) electrons. The molecule has 9 nitrogen and oxygen atoms in total. The van der Waals surface area contributed by atoms with Gasteiger partial charge in [0.1, 0.15) is 23.4 Å². The van der Waals surface area contributed by atoms with Crippen LogP contribution in [0.4, 0.5) is 4.39 Å². The van der Waals surface area contributed by atoms with Gasteiger partial charge in [0.25, 0.3) is 5.91 Å². The van der Waals surface area contributed by atoms with Crippen molar-refractivity contribution in [2.75, 3.05) is 13.1 Å². The zero-order chi connectivity index (χ0) is 26.8. The number of hydrogen-bond acceptors (Lipinski definition) is 7. The minimum Gasteiger partial charge on any atom is -0.508 e. The average molecular weight is 542 g/mol. The van der Waals surface area contributed by atoms with Crippen molar-refractivity contribution in [1.82, 2.24) is 35.4 Å². The molecule has 0 saturated carbocycles. The highest BCUT2D eigenvalue weighted by molar-refractivity contribution is 7.14. The van der Waals surface area contributed by atoms with E-state index >= 15 is 0 Å². The number of H-pyrrole nitrogens is 1. The Morgan fingerprint density at radius 1 is 1.18 bits per heavy atom. The highest BCUT2D eigenvalue weighted by atomic mass is 32.1. The molecule has 1 atom stereocenters. The maximum Gasteiger partial charge on any atom is 0.281 e. The summed E-state index contributed by atoms with van der Waals surface area (Å²) in [5.74, 6) is 5.29. The number of benzene rings is 2. The van der Waals surface area contributed by atoms with Gasteiger partial charge in [0.15, 0.2) is 5.01 Å². The van der Waals surface area contributed by atoms with Crippen LogP contribution >= 0.6 is 11.3 Å². The number of thiazole rings is 1.